The molecule has 0 aliphatic carbocycles. The van der Waals surface area contributed by atoms with Gasteiger partial charge in [0.15, 0.2) is 34.9 Å². The lowest BCUT2D eigenvalue weighted by Crippen LogP contribution is -2.15. The molecule has 0 unspecified atom stereocenters. The van der Waals surface area contributed by atoms with Crippen molar-refractivity contribution in [2.24, 2.45) is 0 Å². The van der Waals surface area contributed by atoms with E-state index in [1.807, 2.05) is 18.2 Å². The Morgan fingerprint density at radius 3 is 1.30 bits per heavy atom. The summed E-state index contributed by atoms with van der Waals surface area (Å²) in [6.45, 7) is 26.6. The minimum Gasteiger partial charge on any atom is -0.308 e. The lowest BCUT2D eigenvalue weighted by Gasteiger charge is -2.24. The number of rotatable bonds is 7. The van der Waals surface area contributed by atoms with Gasteiger partial charge in [-0.3, -0.25) is 0 Å². The van der Waals surface area contributed by atoms with Crippen molar-refractivity contribution >= 4 is 21.8 Å². The van der Waals surface area contributed by atoms with E-state index < -0.39 is 0 Å². The lowest BCUT2D eigenvalue weighted by atomic mass is 9.83. The molecule has 7 aromatic carbocycles. The van der Waals surface area contributed by atoms with Crippen molar-refractivity contribution in [3.05, 3.63) is 186 Å². The Balaban J connectivity index is 1.20. The predicted octanol–water partition coefficient (Wildman–Crippen LogP) is 16.2. The zero-order chi connectivity index (χ0) is 51.6. The van der Waals surface area contributed by atoms with Crippen LogP contribution in [-0.2, 0) is 21.7 Å². The number of hydrogen-bond acceptors (Lipinski definition) is 7. The summed E-state index contributed by atoms with van der Waals surface area (Å²) in [7, 11) is 0. The lowest BCUT2D eigenvalue weighted by molar-refractivity contribution is 0.590. The van der Waals surface area contributed by atoms with Gasteiger partial charge in [0.2, 0.25) is 0 Å². The third kappa shape index (κ3) is 9.44. The first-order chi connectivity index (χ1) is 34.7. The molecule has 3 aromatic heterocycles. The maximum atomic E-state index is 10.5. The molecule has 10 aromatic rings. The fourth-order valence-corrected chi connectivity index (χ4v) is 9.77. The number of nitrogens with zero attached hydrogens (tertiary/aromatic N) is 8. The highest BCUT2D eigenvalue weighted by atomic mass is 15.1. The Hall–Kier alpha value is -8.15. The average molecular weight is 955 g/mol. The molecule has 73 heavy (non-hydrogen) atoms. The molecule has 0 amide bonds. The normalized spacial score (nSPS) is 12.4. The van der Waals surface area contributed by atoms with Crippen LogP contribution < -0.4 is 0 Å². The molecule has 0 fully saturated rings. The third-order valence-corrected chi connectivity index (χ3v) is 13.7. The van der Waals surface area contributed by atoms with Gasteiger partial charge in [-0.25, -0.2) is 29.9 Å². The number of aromatic nitrogens is 7. The Morgan fingerprint density at radius 1 is 0.356 bits per heavy atom. The average Bonchev–Trinajstić information content (AvgIpc) is 3.70. The number of para-hydroxylation sites is 1. The molecule has 0 aliphatic heterocycles. The Labute approximate surface area is 430 Å². The molecule has 0 saturated carbocycles. The summed E-state index contributed by atoms with van der Waals surface area (Å²) in [5.74, 6) is 3.42. The first kappa shape index (κ1) is 48.5. The van der Waals surface area contributed by atoms with Gasteiger partial charge >= 0.3 is 0 Å². The quantitative estimate of drug-likeness (QED) is 0.157. The van der Waals surface area contributed by atoms with Gasteiger partial charge in [-0.2, -0.15) is 5.26 Å². The van der Waals surface area contributed by atoms with Crippen LogP contribution in [0.1, 0.15) is 111 Å². The summed E-state index contributed by atoms with van der Waals surface area (Å²) >= 11 is 0. The summed E-state index contributed by atoms with van der Waals surface area (Å²) < 4.78 is 2.26. The van der Waals surface area contributed by atoms with Crippen molar-refractivity contribution in [1.29, 1.82) is 5.26 Å². The van der Waals surface area contributed by atoms with E-state index in [-0.39, 0.29) is 21.7 Å². The molecule has 8 heteroatoms. The van der Waals surface area contributed by atoms with E-state index in [0.29, 0.717) is 46.1 Å². The SMILES string of the molecule is CC(C)(C)c1cccc(-c2nc(-c3cccc(C(C)(C)C)c3)nc(-c3cc(C#N)ccc3-n3c4ccccc4c4cc(-c5nc(-c6ccccc6C(C)(C)C)nc(-c6ccccc6C(C)(C)C)n5)ccc43)n2)c1. The zero-order valence-corrected chi connectivity index (χ0v) is 44.1. The van der Waals surface area contributed by atoms with Crippen LogP contribution in [0.5, 0.6) is 0 Å². The topological polar surface area (TPSA) is 106 Å². The maximum absolute atomic E-state index is 10.5. The molecule has 0 bridgehead atoms. The largest absolute Gasteiger partial charge is 0.308 e. The van der Waals surface area contributed by atoms with Crippen LogP contribution in [0.3, 0.4) is 0 Å². The molecule has 8 nitrogen and oxygen atoms in total. The minimum atomic E-state index is -0.156. The van der Waals surface area contributed by atoms with E-state index in [1.165, 1.54) is 11.1 Å². The number of benzene rings is 7. The van der Waals surface area contributed by atoms with Crippen molar-refractivity contribution < 1.29 is 0 Å². The molecule has 0 saturated heterocycles. The van der Waals surface area contributed by atoms with Crippen molar-refractivity contribution in [2.45, 2.75) is 105 Å². The van der Waals surface area contributed by atoms with E-state index in [0.717, 1.165) is 66.4 Å². The van der Waals surface area contributed by atoms with Gasteiger partial charge in [-0.1, -0.05) is 186 Å². The molecule has 0 spiro atoms. The van der Waals surface area contributed by atoms with Crippen LogP contribution >= 0.6 is 0 Å². The first-order valence-electron chi connectivity index (χ1n) is 25.2. The van der Waals surface area contributed by atoms with Gasteiger partial charge in [0.25, 0.3) is 0 Å². The molecular weight excluding hydrogens is 893 g/mol. The van der Waals surface area contributed by atoms with Gasteiger partial charge in [-0.05, 0) is 98.5 Å². The second-order valence-electron chi connectivity index (χ2n) is 23.3. The van der Waals surface area contributed by atoms with Crippen molar-refractivity contribution in [3.8, 4) is 80.1 Å². The van der Waals surface area contributed by atoms with E-state index >= 15 is 0 Å². The molecule has 0 atom stereocenters. The van der Waals surface area contributed by atoms with Crippen molar-refractivity contribution in [3.63, 3.8) is 0 Å². The van der Waals surface area contributed by atoms with Crippen LogP contribution in [0.15, 0.2) is 158 Å². The standard InChI is InChI=1S/C65H62N8/c1-62(2,3)44-23-19-21-41(36-44)56-67-57(42-22-20-24-45(37-42)63(4,5)6)71-61(70-56)50-35-40(39-66)31-33-55(50)73-53-30-18-15-25-46(53)49-38-43(32-34-54(49)73)58-68-59(47-26-13-16-28-51(47)64(7,8)9)72-60(69-58)48-27-14-17-29-52(48)65(10,11)12/h13-38H,1-12H3. The van der Waals surface area contributed by atoms with Gasteiger partial charge in [0.05, 0.1) is 28.4 Å². The molecule has 362 valence electrons. The third-order valence-electron chi connectivity index (χ3n) is 13.7. The summed E-state index contributed by atoms with van der Waals surface area (Å²) in [5.41, 5.74) is 12.8. The highest BCUT2D eigenvalue weighted by Crippen LogP contribution is 2.41. The maximum Gasteiger partial charge on any atom is 0.166 e. The van der Waals surface area contributed by atoms with Crippen molar-refractivity contribution in [2.75, 3.05) is 0 Å². The molecule has 10 rings (SSSR count). The molecule has 0 aliphatic rings. The summed E-state index contributed by atoms with van der Waals surface area (Å²) in [4.78, 5) is 31.7. The Bertz CT molecular complexity index is 3650. The minimum absolute atomic E-state index is 0.0933. The van der Waals surface area contributed by atoms with E-state index in [9.17, 15) is 5.26 Å². The van der Waals surface area contributed by atoms with Crippen LogP contribution in [0, 0.1) is 11.3 Å². The van der Waals surface area contributed by atoms with E-state index in [2.05, 4.69) is 233 Å². The summed E-state index contributed by atoms with van der Waals surface area (Å²) in [6, 6.07) is 56.9. The van der Waals surface area contributed by atoms with Crippen LogP contribution in [0.2, 0.25) is 0 Å². The smallest absolute Gasteiger partial charge is 0.166 e. The Morgan fingerprint density at radius 2 is 0.795 bits per heavy atom. The molecular formula is C65H62N8. The second-order valence-corrected chi connectivity index (χ2v) is 23.3. The highest BCUT2D eigenvalue weighted by molar-refractivity contribution is 6.11. The second kappa shape index (κ2) is 18.2. The van der Waals surface area contributed by atoms with Crippen LogP contribution in [0.4, 0.5) is 0 Å². The number of hydrogen-bond donors (Lipinski definition) is 0. The molecule has 0 radical (unpaired) electrons. The molecule has 0 N–H and O–H groups in total. The summed E-state index contributed by atoms with van der Waals surface area (Å²) in [6.07, 6.45) is 0. The van der Waals surface area contributed by atoms with Crippen LogP contribution in [-0.4, -0.2) is 34.5 Å². The fourth-order valence-electron chi connectivity index (χ4n) is 9.77. The van der Waals surface area contributed by atoms with Gasteiger partial charge in [0, 0.05) is 44.2 Å². The van der Waals surface area contributed by atoms with Crippen molar-refractivity contribution in [1.82, 2.24) is 34.5 Å². The van der Waals surface area contributed by atoms with Crippen LogP contribution in [0.25, 0.3) is 95.8 Å². The van der Waals surface area contributed by atoms with Gasteiger partial charge < -0.3 is 4.57 Å². The summed E-state index contributed by atoms with van der Waals surface area (Å²) in [5, 5.41) is 12.5. The first-order valence-corrected chi connectivity index (χ1v) is 25.2. The molecule has 3 heterocycles. The fraction of sp³-hybridized carbons (Fsp3) is 0.246. The van der Waals surface area contributed by atoms with Gasteiger partial charge in [0.1, 0.15) is 0 Å². The van der Waals surface area contributed by atoms with E-state index in [1.54, 1.807) is 0 Å². The van der Waals surface area contributed by atoms with Gasteiger partial charge in [-0.15, -0.1) is 0 Å². The zero-order valence-electron chi connectivity index (χ0n) is 44.1. The monoisotopic (exact) mass is 955 g/mol. The highest BCUT2D eigenvalue weighted by Gasteiger charge is 2.27. The Kier molecular flexibility index (Phi) is 12.1. The van der Waals surface area contributed by atoms with E-state index in [4.69, 9.17) is 29.9 Å². The predicted molar refractivity (Wildman–Crippen MR) is 300 cm³/mol. The number of nitriles is 1. The number of fused-ring (bicyclic) bond motifs is 3.